The van der Waals surface area contributed by atoms with E-state index >= 15 is 0 Å². The molecule has 1 unspecified atom stereocenters. The average Bonchev–Trinajstić information content (AvgIpc) is 2.36. The van der Waals surface area contributed by atoms with Crippen LogP contribution < -0.4 is 10.1 Å². The third-order valence-corrected chi connectivity index (χ3v) is 2.31. The predicted molar refractivity (Wildman–Crippen MR) is 66.0 cm³/mol. The normalized spacial score (nSPS) is 11.9. The van der Waals surface area contributed by atoms with Crippen molar-refractivity contribution in [1.82, 2.24) is 5.32 Å². The predicted octanol–water partition coefficient (Wildman–Crippen LogP) is 1.61. The van der Waals surface area contributed by atoms with Crippen LogP contribution in [-0.4, -0.2) is 32.3 Å². The minimum Gasteiger partial charge on any atom is -0.492 e. The Labute approximate surface area is 102 Å². The summed E-state index contributed by atoms with van der Waals surface area (Å²) < 4.78 is 10.1. The molecule has 94 valence electrons. The first-order valence-corrected chi connectivity index (χ1v) is 5.70. The van der Waals surface area contributed by atoms with Gasteiger partial charge in [0.05, 0.1) is 13.5 Å². The second-order valence-corrected chi connectivity index (χ2v) is 3.80. The molecule has 0 radical (unpaired) electrons. The standard InChI is InChI=1S/C13H19NO3/c1-11(10-13(15)16-2)14-8-9-17-12-6-4-3-5-7-12/h3-7,11,14H,8-10H2,1-2H3. The van der Waals surface area contributed by atoms with Gasteiger partial charge in [0.2, 0.25) is 0 Å². The molecule has 1 rings (SSSR count). The van der Waals surface area contributed by atoms with Crippen LogP contribution in [0.3, 0.4) is 0 Å². The molecule has 0 aromatic heterocycles. The Bertz CT molecular complexity index is 327. The quantitative estimate of drug-likeness (QED) is 0.578. The van der Waals surface area contributed by atoms with Crippen molar-refractivity contribution in [3.05, 3.63) is 30.3 Å². The van der Waals surface area contributed by atoms with Crippen molar-refractivity contribution < 1.29 is 14.3 Å². The molecule has 4 heteroatoms. The first-order valence-electron chi connectivity index (χ1n) is 5.70. The fourth-order valence-electron chi connectivity index (χ4n) is 1.40. The molecule has 1 N–H and O–H groups in total. The van der Waals surface area contributed by atoms with Crippen LogP contribution >= 0.6 is 0 Å². The number of para-hydroxylation sites is 1. The van der Waals surface area contributed by atoms with Gasteiger partial charge in [-0.15, -0.1) is 0 Å². The van der Waals surface area contributed by atoms with Gasteiger partial charge in [0, 0.05) is 12.6 Å². The number of hydrogen-bond acceptors (Lipinski definition) is 4. The molecule has 0 aliphatic carbocycles. The van der Waals surface area contributed by atoms with Crippen LogP contribution in [0.1, 0.15) is 13.3 Å². The van der Waals surface area contributed by atoms with Gasteiger partial charge in [-0.05, 0) is 19.1 Å². The van der Waals surface area contributed by atoms with E-state index in [0.29, 0.717) is 19.6 Å². The average molecular weight is 237 g/mol. The molecule has 4 nitrogen and oxygen atoms in total. The van der Waals surface area contributed by atoms with Crippen LogP contribution in [0.4, 0.5) is 0 Å². The molecule has 0 aliphatic heterocycles. The van der Waals surface area contributed by atoms with Crippen molar-refractivity contribution in [1.29, 1.82) is 0 Å². The zero-order valence-electron chi connectivity index (χ0n) is 10.3. The Hall–Kier alpha value is -1.55. The van der Waals surface area contributed by atoms with E-state index in [4.69, 9.17) is 4.74 Å². The zero-order chi connectivity index (χ0) is 12.5. The highest BCUT2D eigenvalue weighted by atomic mass is 16.5. The number of methoxy groups -OCH3 is 1. The van der Waals surface area contributed by atoms with E-state index in [1.165, 1.54) is 7.11 Å². The second-order valence-electron chi connectivity index (χ2n) is 3.80. The third kappa shape index (κ3) is 5.92. The molecule has 0 amide bonds. The maximum atomic E-state index is 11.0. The highest BCUT2D eigenvalue weighted by molar-refractivity contribution is 5.69. The van der Waals surface area contributed by atoms with Crippen molar-refractivity contribution in [3.8, 4) is 5.75 Å². The van der Waals surface area contributed by atoms with Crippen LogP contribution in [0.25, 0.3) is 0 Å². The summed E-state index contributed by atoms with van der Waals surface area (Å²) in [6.45, 7) is 3.22. The molecule has 1 atom stereocenters. The lowest BCUT2D eigenvalue weighted by Crippen LogP contribution is -2.32. The first kappa shape index (κ1) is 13.5. The monoisotopic (exact) mass is 237 g/mol. The summed E-state index contributed by atoms with van der Waals surface area (Å²) in [4.78, 5) is 11.0. The summed E-state index contributed by atoms with van der Waals surface area (Å²) in [7, 11) is 1.40. The lowest BCUT2D eigenvalue weighted by atomic mass is 10.2. The summed E-state index contributed by atoms with van der Waals surface area (Å²) >= 11 is 0. The van der Waals surface area contributed by atoms with Crippen molar-refractivity contribution in [2.45, 2.75) is 19.4 Å². The van der Waals surface area contributed by atoms with E-state index in [-0.39, 0.29) is 12.0 Å². The number of ether oxygens (including phenoxy) is 2. The molecule has 1 aromatic carbocycles. The Morgan fingerprint density at radius 2 is 2.06 bits per heavy atom. The number of carbonyl (C=O) groups is 1. The Morgan fingerprint density at radius 1 is 1.35 bits per heavy atom. The number of rotatable bonds is 7. The number of hydrogen-bond donors (Lipinski definition) is 1. The highest BCUT2D eigenvalue weighted by Crippen LogP contribution is 2.07. The van der Waals surface area contributed by atoms with Gasteiger partial charge in [0.25, 0.3) is 0 Å². The molecule has 0 heterocycles. The summed E-state index contributed by atoms with van der Waals surface area (Å²) in [5.74, 6) is 0.656. The summed E-state index contributed by atoms with van der Waals surface area (Å²) in [6, 6.07) is 9.74. The van der Waals surface area contributed by atoms with E-state index in [2.05, 4.69) is 10.1 Å². The molecule has 0 saturated heterocycles. The van der Waals surface area contributed by atoms with Crippen molar-refractivity contribution in [3.63, 3.8) is 0 Å². The topological polar surface area (TPSA) is 47.6 Å². The number of esters is 1. The molecule has 1 aromatic rings. The lowest BCUT2D eigenvalue weighted by Gasteiger charge is -2.12. The molecular formula is C13H19NO3. The van der Waals surface area contributed by atoms with Crippen LogP contribution in [0, 0.1) is 0 Å². The van der Waals surface area contributed by atoms with E-state index in [1.807, 2.05) is 37.3 Å². The van der Waals surface area contributed by atoms with Crippen molar-refractivity contribution >= 4 is 5.97 Å². The first-order chi connectivity index (χ1) is 8.22. The van der Waals surface area contributed by atoms with Crippen LogP contribution in [0.2, 0.25) is 0 Å². The second kappa shape index (κ2) is 7.68. The molecule has 0 bridgehead atoms. The lowest BCUT2D eigenvalue weighted by molar-refractivity contribution is -0.141. The van der Waals surface area contributed by atoms with E-state index in [0.717, 1.165) is 5.75 Å². The van der Waals surface area contributed by atoms with Gasteiger partial charge in [0.15, 0.2) is 0 Å². The van der Waals surface area contributed by atoms with Crippen molar-refractivity contribution in [2.75, 3.05) is 20.3 Å². The number of benzene rings is 1. The minimum absolute atomic E-state index is 0.0989. The fourth-order valence-corrected chi connectivity index (χ4v) is 1.40. The van der Waals surface area contributed by atoms with Gasteiger partial charge >= 0.3 is 5.97 Å². The Morgan fingerprint density at radius 3 is 2.71 bits per heavy atom. The van der Waals surface area contributed by atoms with Gasteiger partial charge in [-0.1, -0.05) is 18.2 Å². The van der Waals surface area contributed by atoms with Crippen LogP contribution in [0.5, 0.6) is 5.75 Å². The Kier molecular flexibility index (Phi) is 6.10. The third-order valence-electron chi connectivity index (χ3n) is 2.31. The molecule has 0 spiro atoms. The van der Waals surface area contributed by atoms with Gasteiger partial charge in [-0.2, -0.15) is 0 Å². The maximum Gasteiger partial charge on any atom is 0.307 e. The highest BCUT2D eigenvalue weighted by Gasteiger charge is 2.07. The molecule has 0 saturated carbocycles. The van der Waals surface area contributed by atoms with Crippen molar-refractivity contribution in [2.24, 2.45) is 0 Å². The molecule has 0 fully saturated rings. The molecule has 17 heavy (non-hydrogen) atoms. The van der Waals surface area contributed by atoms with Gasteiger partial charge in [0.1, 0.15) is 12.4 Å². The largest absolute Gasteiger partial charge is 0.492 e. The summed E-state index contributed by atoms with van der Waals surface area (Å²) in [5.41, 5.74) is 0. The van der Waals surface area contributed by atoms with Crippen LogP contribution in [-0.2, 0) is 9.53 Å². The van der Waals surface area contributed by atoms with Gasteiger partial charge < -0.3 is 14.8 Å². The number of nitrogens with one attached hydrogen (secondary N) is 1. The SMILES string of the molecule is COC(=O)CC(C)NCCOc1ccccc1. The zero-order valence-corrected chi connectivity index (χ0v) is 10.3. The minimum atomic E-state index is -0.200. The van der Waals surface area contributed by atoms with Gasteiger partial charge in [-0.3, -0.25) is 4.79 Å². The van der Waals surface area contributed by atoms with E-state index in [1.54, 1.807) is 0 Å². The summed E-state index contributed by atoms with van der Waals surface area (Å²) in [5, 5.41) is 3.19. The van der Waals surface area contributed by atoms with E-state index < -0.39 is 0 Å². The van der Waals surface area contributed by atoms with Crippen LogP contribution in [0.15, 0.2) is 30.3 Å². The molecular weight excluding hydrogens is 218 g/mol. The summed E-state index contributed by atoms with van der Waals surface area (Å²) in [6.07, 6.45) is 0.377. The molecule has 0 aliphatic rings. The fraction of sp³-hybridized carbons (Fsp3) is 0.462. The number of carbonyl (C=O) groups excluding carboxylic acids is 1. The van der Waals surface area contributed by atoms with E-state index in [9.17, 15) is 4.79 Å². The van der Waals surface area contributed by atoms with Gasteiger partial charge in [-0.25, -0.2) is 0 Å². The Balaban J connectivity index is 2.10. The maximum absolute atomic E-state index is 11.0. The smallest absolute Gasteiger partial charge is 0.307 e.